The fourth-order valence-corrected chi connectivity index (χ4v) is 5.89. The Balaban J connectivity index is 1.21. The van der Waals surface area contributed by atoms with Crippen molar-refractivity contribution in [1.82, 2.24) is 14.9 Å². The summed E-state index contributed by atoms with van der Waals surface area (Å²) in [4.78, 5) is 29.7. The maximum absolute atomic E-state index is 13.2. The minimum atomic E-state index is 0.0203. The highest BCUT2D eigenvalue weighted by atomic mass is 32.1. The van der Waals surface area contributed by atoms with Gasteiger partial charge >= 0.3 is 0 Å². The molecule has 0 atom stereocenters. The van der Waals surface area contributed by atoms with E-state index in [1.54, 1.807) is 17.4 Å². The molecular formula is C28H28N4O3S. The summed E-state index contributed by atoms with van der Waals surface area (Å²) in [6, 6.07) is 15.9. The summed E-state index contributed by atoms with van der Waals surface area (Å²) in [7, 11) is 0. The number of anilines is 1. The zero-order valence-electron chi connectivity index (χ0n) is 20.5. The van der Waals surface area contributed by atoms with Crippen molar-refractivity contribution in [2.24, 2.45) is 0 Å². The molecule has 2 aromatic heterocycles. The molecule has 0 unspecified atom stereocenters. The molecule has 8 heteroatoms. The van der Waals surface area contributed by atoms with Gasteiger partial charge in [0, 0.05) is 43.0 Å². The van der Waals surface area contributed by atoms with Crippen LogP contribution in [0.5, 0.6) is 11.5 Å². The average Bonchev–Trinajstić information content (AvgIpc) is 3.50. The van der Waals surface area contributed by atoms with Gasteiger partial charge < -0.3 is 19.3 Å². The molecule has 0 bridgehead atoms. The van der Waals surface area contributed by atoms with Gasteiger partial charge in [0.1, 0.15) is 16.5 Å². The minimum absolute atomic E-state index is 0.0203. The number of nitrogens with zero attached hydrogens (tertiary/aromatic N) is 4. The average molecular weight is 501 g/mol. The number of thiophene rings is 1. The lowest BCUT2D eigenvalue weighted by molar-refractivity contribution is 0.0746. The van der Waals surface area contributed by atoms with E-state index in [0.717, 1.165) is 47.8 Å². The standard InChI is InChI=1S/C28H28N4O3S/c1-18-19(2)36-27-25(18)26(29-24(30-27)11-8-20-6-4-3-5-7-20)31-12-14-32(15-13-31)28(33)21-9-10-22-23(16-21)35-17-34-22/h3-7,9-10,16H,8,11-15,17H2,1-2H3. The molecule has 1 saturated heterocycles. The van der Waals surface area contributed by atoms with Gasteiger partial charge in [-0.1, -0.05) is 30.3 Å². The summed E-state index contributed by atoms with van der Waals surface area (Å²) in [6.07, 6.45) is 1.71. The van der Waals surface area contributed by atoms with Crippen LogP contribution in [0, 0.1) is 13.8 Å². The van der Waals surface area contributed by atoms with Crippen molar-refractivity contribution in [3.8, 4) is 11.5 Å². The lowest BCUT2D eigenvalue weighted by Gasteiger charge is -2.36. The fourth-order valence-electron chi connectivity index (χ4n) is 4.85. The van der Waals surface area contributed by atoms with Crippen molar-refractivity contribution < 1.29 is 14.3 Å². The fraction of sp³-hybridized carbons (Fsp3) is 0.321. The number of hydrogen-bond donors (Lipinski definition) is 0. The van der Waals surface area contributed by atoms with Crippen molar-refractivity contribution >= 4 is 33.3 Å². The van der Waals surface area contributed by atoms with E-state index in [-0.39, 0.29) is 12.7 Å². The number of ether oxygens (including phenoxy) is 2. The SMILES string of the molecule is Cc1sc2nc(CCc3ccccc3)nc(N3CCN(C(=O)c4ccc5c(c4)OCO5)CC3)c2c1C. The van der Waals surface area contributed by atoms with E-state index in [2.05, 4.69) is 43.0 Å². The van der Waals surface area contributed by atoms with E-state index in [1.807, 2.05) is 23.1 Å². The quantitative estimate of drug-likeness (QED) is 0.393. The van der Waals surface area contributed by atoms with Gasteiger partial charge in [0.15, 0.2) is 11.5 Å². The van der Waals surface area contributed by atoms with Gasteiger partial charge in [0.05, 0.1) is 5.39 Å². The molecule has 0 aliphatic carbocycles. The number of aryl methyl sites for hydroxylation is 4. The van der Waals surface area contributed by atoms with Crippen LogP contribution < -0.4 is 14.4 Å². The molecule has 0 spiro atoms. The Kier molecular flexibility index (Phi) is 5.97. The lowest BCUT2D eigenvalue weighted by Crippen LogP contribution is -2.49. The summed E-state index contributed by atoms with van der Waals surface area (Å²) in [5.41, 5.74) is 3.17. The Morgan fingerprint density at radius 2 is 1.72 bits per heavy atom. The van der Waals surface area contributed by atoms with Crippen molar-refractivity contribution in [1.29, 1.82) is 0 Å². The number of carbonyl (C=O) groups excluding carboxylic acids is 1. The van der Waals surface area contributed by atoms with E-state index in [0.29, 0.717) is 30.2 Å². The monoisotopic (exact) mass is 500 g/mol. The molecule has 1 fully saturated rings. The number of fused-ring (bicyclic) bond motifs is 2. The third-order valence-corrected chi connectivity index (χ3v) is 8.12. The first-order valence-corrected chi connectivity index (χ1v) is 13.1. The summed E-state index contributed by atoms with van der Waals surface area (Å²) in [5.74, 6) is 3.22. The largest absolute Gasteiger partial charge is 0.454 e. The van der Waals surface area contributed by atoms with Gasteiger partial charge in [0.25, 0.3) is 5.91 Å². The first kappa shape index (κ1) is 22.8. The predicted molar refractivity (Wildman–Crippen MR) is 141 cm³/mol. The Hall–Kier alpha value is -3.65. The minimum Gasteiger partial charge on any atom is -0.454 e. The highest BCUT2D eigenvalue weighted by Gasteiger charge is 2.27. The van der Waals surface area contributed by atoms with E-state index >= 15 is 0 Å². The van der Waals surface area contributed by atoms with Crippen LogP contribution in [0.2, 0.25) is 0 Å². The highest BCUT2D eigenvalue weighted by molar-refractivity contribution is 7.18. The van der Waals surface area contributed by atoms with Crippen LogP contribution in [0.15, 0.2) is 48.5 Å². The zero-order chi connectivity index (χ0) is 24.6. The summed E-state index contributed by atoms with van der Waals surface area (Å²) in [5, 5.41) is 1.15. The maximum atomic E-state index is 13.2. The number of carbonyl (C=O) groups is 1. The van der Waals surface area contributed by atoms with Crippen molar-refractivity contribution in [2.75, 3.05) is 37.9 Å². The molecule has 2 aliphatic heterocycles. The summed E-state index contributed by atoms with van der Waals surface area (Å²) >= 11 is 1.74. The Morgan fingerprint density at radius 3 is 2.53 bits per heavy atom. The molecule has 6 rings (SSSR count). The number of piperazine rings is 1. The van der Waals surface area contributed by atoms with E-state index in [9.17, 15) is 4.79 Å². The molecular weight excluding hydrogens is 472 g/mol. The third-order valence-electron chi connectivity index (χ3n) is 7.02. The van der Waals surface area contributed by atoms with E-state index in [4.69, 9.17) is 19.4 Å². The van der Waals surface area contributed by atoms with Crippen LogP contribution >= 0.6 is 11.3 Å². The number of hydrogen-bond acceptors (Lipinski definition) is 7. The molecule has 4 heterocycles. The molecule has 1 amide bonds. The predicted octanol–water partition coefficient (Wildman–Crippen LogP) is 4.78. The molecule has 0 N–H and O–H groups in total. The number of rotatable bonds is 5. The van der Waals surface area contributed by atoms with Crippen LogP contribution in [0.3, 0.4) is 0 Å². The summed E-state index contributed by atoms with van der Waals surface area (Å²) < 4.78 is 10.8. The van der Waals surface area contributed by atoms with Gasteiger partial charge in [-0.3, -0.25) is 4.79 Å². The van der Waals surface area contributed by atoms with Crippen LogP contribution in [0.1, 0.15) is 32.2 Å². The van der Waals surface area contributed by atoms with Gasteiger partial charge in [-0.15, -0.1) is 11.3 Å². The molecule has 0 saturated carbocycles. The van der Waals surface area contributed by atoms with Crippen LogP contribution in [-0.2, 0) is 12.8 Å². The topological polar surface area (TPSA) is 67.8 Å². The third kappa shape index (κ3) is 4.26. The van der Waals surface area contributed by atoms with Crippen LogP contribution in [0.25, 0.3) is 10.2 Å². The maximum Gasteiger partial charge on any atom is 0.254 e. The Bertz CT molecular complexity index is 1430. The Morgan fingerprint density at radius 1 is 0.944 bits per heavy atom. The first-order valence-electron chi connectivity index (χ1n) is 12.3. The van der Waals surface area contributed by atoms with Gasteiger partial charge in [0.2, 0.25) is 6.79 Å². The van der Waals surface area contributed by atoms with Gasteiger partial charge in [-0.2, -0.15) is 0 Å². The highest BCUT2D eigenvalue weighted by Crippen LogP contribution is 2.36. The molecule has 184 valence electrons. The molecule has 4 aromatic rings. The second kappa shape index (κ2) is 9.43. The molecule has 36 heavy (non-hydrogen) atoms. The van der Waals surface area contributed by atoms with E-state index < -0.39 is 0 Å². The zero-order valence-corrected chi connectivity index (χ0v) is 21.3. The van der Waals surface area contributed by atoms with Crippen molar-refractivity contribution in [2.45, 2.75) is 26.7 Å². The first-order chi connectivity index (χ1) is 17.6. The Labute approximate surface area is 214 Å². The lowest BCUT2D eigenvalue weighted by atomic mass is 10.1. The van der Waals surface area contributed by atoms with E-state index in [1.165, 1.54) is 16.0 Å². The smallest absolute Gasteiger partial charge is 0.254 e. The van der Waals surface area contributed by atoms with Crippen LogP contribution in [-0.4, -0.2) is 53.7 Å². The molecule has 2 aromatic carbocycles. The molecule has 0 radical (unpaired) electrons. The normalized spacial score (nSPS) is 15.1. The number of amides is 1. The second-order valence-electron chi connectivity index (χ2n) is 9.26. The van der Waals surface area contributed by atoms with Crippen LogP contribution in [0.4, 0.5) is 5.82 Å². The van der Waals surface area contributed by atoms with Crippen molar-refractivity contribution in [3.63, 3.8) is 0 Å². The summed E-state index contributed by atoms with van der Waals surface area (Å²) in [6.45, 7) is 7.25. The molecule has 7 nitrogen and oxygen atoms in total. The number of benzene rings is 2. The number of aromatic nitrogens is 2. The van der Waals surface area contributed by atoms with Gasteiger partial charge in [-0.05, 0) is 49.6 Å². The molecule has 2 aliphatic rings. The van der Waals surface area contributed by atoms with Gasteiger partial charge in [-0.25, -0.2) is 9.97 Å². The van der Waals surface area contributed by atoms with Crippen molar-refractivity contribution in [3.05, 3.63) is 75.9 Å². The second-order valence-corrected chi connectivity index (χ2v) is 10.5.